The number of hydrogen-bond donors (Lipinski definition) is 3. The van der Waals surface area contributed by atoms with Crippen LogP contribution in [0.2, 0.25) is 0 Å². The van der Waals surface area contributed by atoms with Gasteiger partial charge in [0.2, 0.25) is 0 Å². The topological polar surface area (TPSA) is 128 Å². The molecule has 5 N–H and O–H groups in total. The molecular weight excluding hydrogens is 318 g/mol. The van der Waals surface area contributed by atoms with Gasteiger partial charge in [-0.2, -0.15) is 0 Å². The van der Waals surface area contributed by atoms with Gasteiger partial charge in [0.05, 0.1) is 31.3 Å². The summed E-state index contributed by atoms with van der Waals surface area (Å²) in [5, 5.41) is 10.4. The highest BCUT2D eigenvalue weighted by Gasteiger charge is 2.17. The number of aliphatic hydroxyl groups excluding tert-OH is 1. The average molecular weight is 332 g/mol. The van der Waals surface area contributed by atoms with Gasteiger partial charge in [-0.05, 0) is 15.9 Å². The molecule has 1 rings (SSSR count). The Morgan fingerprint density at radius 2 is 2.26 bits per heavy atom. The largest absolute Gasteiger partial charge is 0.464 e. The first kappa shape index (κ1) is 15.3. The Morgan fingerprint density at radius 3 is 2.74 bits per heavy atom. The number of aromatic nitrogens is 2. The van der Waals surface area contributed by atoms with Crippen LogP contribution in [0, 0.1) is 0 Å². The number of carbonyl (C=O) groups excluding carboxylic acids is 1. The molecule has 0 aliphatic carbocycles. The van der Waals surface area contributed by atoms with Crippen molar-refractivity contribution in [2.24, 2.45) is 11.6 Å². The molecule has 0 amide bonds. The van der Waals surface area contributed by atoms with Crippen molar-refractivity contribution >= 4 is 27.6 Å². The van der Waals surface area contributed by atoms with Crippen molar-refractivity contribution < 1.29 is 14.6 Å². The molecule has 1 aromatic heterocycles. The summed E-state index contributed by atoms with van der Waals surface area (Å²) in [5.41, 5.74) is 6.42. The molecule has 1 heterocycles. The minimum absolute atomic E-state index is 0.0140. The van der Waals surface area contributed by atoms with Crippen LogP contribution in [0.3, 0.4) is 0 Å². The molecule has 8 nitrogen and oxygen atoms in total. The third kappa shape index (κ3) is 3.40. The quantitative estimate of drug-likeness (QED) is 0.381. The molecule has 0 unspecified atom stereocenters. The molecule has 104 valence electrons. The number of nitrogens with zero attached hydrogens (tertiary/aromatic N) is 3. The lowest BCUT2D eigenvalue weighted by Crippen LogP contribution is -2.30. The lowest BCUT2D eigenvalue weighted by Gasteiger charge is -2.17. The maximum atomic E-state index is 11.5. The number of nitrogens with two attached hydrogens (primary N) is 2. The van der Waals surface area contributed by atoms with Gasteiger partial charge in [0.25, 0.3) is 0 Å². The van der Waals surface area contributed by atoms with Crippen LogP contribution >= 0.6 is 15.9 Å². The third-order valence-corrected chi connectivity index (χ3v) is 2.85. The maximum Gasteiger partial charge on any atom is 0.359 e. The Bertz CT molecular complexity index is 518. The Morgan fingerprint density at radius 1 is 1.63 bits per heavy atom. The zero-order chi connectivity index (χ0) is 14.6. The Hall–Kier alpha value is -1.71. The van der Waals surface area contributed by atoms with Crippen LogP contribution in [0.4, 0.5) is 0 Å². The first-order valence-corrected chi connectivity index (χ1v) is 5.90. The highest BCUT2D eigenvalue weighted by atomic mass is 79.9. The Labute approximate surface area is 118 Å². The Kier molecular flexibility index (Phi) is 5.21. The van der Waals surface area contributed by atoms with Gasteiger partial charge in [-0.25, -0.2) is 20.6 Å². The van der Waals surface area contributed by atoms with Crippen molar-refractivity contribution in [3.05, 3.63) is 27.9 Å². The fourth-order valence-electron chi connectivity index (χ4n) is 1.27. The van der Waals surface area contributed by atoms with Crippen LogP contribution in [0.1, 0.15) is 16.2 Å². The van der Waals surface area contributed by atoms with E-state index in [2.05, 4.69) is 30.6 Å². The second-order valence-electron chi connectivity index (χ2n) is 3.52. The number of carbonyl (C=O) groups is 1. The van der Waals surface area contributed by atoms with E-state index in [1.165, 1.54) is 20.4 Å². The lowest BCUT2D eigenvalue weighted by molar-refractivity contribution is 0.0592. The summed E-state index contributed by atoms with van der Waals surface area (Å²) < 4.78 is 4.81. The second-order valence-corrected chi connectivity index (χ2v) is 4.27. The van der Waals surface area contributed by atoms with Gasteiger partial charge in [-0.15, -0.1) is 0 Å². The fraction of sp³-hybridized carbons (Fsp3) is 0.300. The number of ether oxygens (including phenoxy) is 1. The fourth-order valence-corrected chi connectivity index (χ4v) is 1.62. The summed E-state index contributed by atoms with van der Waals surface area (Å²) in [6, 6.07) is 0. The number of esters is 1. The van der Waals surface area contributed by atoms with Crippen LogP contribution in [0.5, 0.6) is 0 Å². The van der Waals surface area contributed by atoms with Gasteiger partial charge in [-0.1, -0.05) is 0 Å². The molecule has 0 atom stereocenters. The van der Waals surface area contributed by atoms with Gasteiger partial charge in [0.15, 0.2) is 5.69 Å². The van der Waals surface area contributed by atoms with Crippen LogP contribution in [-0.4, -0.2) is 46.8 Å². The van der Waals surface area contributed by atoms with E-state index in [1.54, 1.807) is 0 Å². The minimum atomic E-state index is -0.652. The van der Waals surface area contributed by atoms with Crippen LogP contribution in [0.15, 0.2) is 16.5 Å². The molecular formula is C10H14BrN5O3. The van der Waals surface area contributed by atoms with Gasteiger partial charge in [0, 0.05) is 7.05 Å². The molecule has 0 bridgehead atoms. The standard InChI is InChI=1S/C10H14BrN5O3/c1-16(13)6(4-17)7(12)5-3-14-9(11)8(15-5)10(18)19-2/h3,17H,4,12-13H2,1-2H3/b7-6-. The zero-order valence-corrected chi connectivity index (χ0v) is 12.0. The van der Waals surface area contributed by atoms with Gasteiger partial charge in [0.1, 0.15) is 10.3 Å². The second kappa shape index (κ2) is 6.45. The van der Waals surface area contributed by atoms with Crippen LogP contribution < -0.4 is 11.6 Å². The van der Waals surface area contributed by atoms with E-state index in [0.717, 1.165) is 5.01 Å². The summed E-state index contributed by atoms with van der Waals surface area (Å²) >= 11 is 3.09. The van der Waals surface area contributed by atoms with E-state index in [0.29, 0.717) is 0 Å². The van der Waals surface area contributed by atoms with Gasteiger partial charge < -0.3 is 20.6 Å². The average Bonchev–Trinajstić information content (AvgIpc) is 2.38. The van der Waals surface area contributed by atoms with Crippen molar-refractivity contribution in [1.82, 2.24) is 15.0 Å². The normalized spacial score (nSPS) is 11.8. The summed E-state index contributed by atoms with van der Waals surface area (Å²) in [6.07, 6.45) is 1.35. The molecule has 0 aliphatic heterocycles. The number of methoxy groups -OCH3 is 1. The van der Waals surface area contributed by atoms with Crippen molar-refractivity contribution in [1.29, 1.82) is 0 Å². The Balaban J connectivity index is 3.33. The smallest absolute Gasteiger partial charge is 0.359 e. The molecule has 19 heavy (non-hydrogen) atoms. The van der Waals surface area contributed by atoms with E-state index >= 15 is 0 Å². The highest BCUT2D eigenvalue weighted by molar-refractivity contribution is 9.10. The third-order valence-electron chi connectivity index (χ3n) is 2.27. The number of halogens is 1. The highest BCUT2D eigenvalue weighted by Crippen LogP contribution is 2.17. The van der Waals surface area contributed by atoms with Crippen molar-refractivity contribution in [2.75, 3.05) is 20.8 Å². The predicted octanol–water partition coefficient (Wildman–Crippen LogP) is -0.549. The van der Waals surface area contributed by atoms with Crippen LogP contribution in [0.25, 0.3) is 5.70 Å². The van der Waals surface area contributed by atoms with Crippen LogP contribution in [-0.2, 0) is 4.74 Å². The van der Waals surface area contributed by atoms with E-state index in [9.17, 15) is 9.90 Å². The molecule has 1 aromatic rings. The molecule has 0 aromatic carbocycles. The molecule has 0 saturated carbocycles. The lowest BCUT2D eigenvalue weighted by atomic mass is 10.2. The number of likely N-dealkylation sites (N-methyl/N-ethyl adjacent to an activating group) is 1. The van der Waals surface area contributed by atoms with Gasteiger partial charge >= 0.3 is 5.97 Å². The number of hydrazine groups is 1. The monoisotopic (exact) mass is 331 g/mol. The molecule has 0 fully saturated rings. The molecule has 9 heteroatoms. The SMILES string of the molecule is COC(=O)c1nc(/C(N)=C(\CO)N(C)N)cnc1Br. The first-order valence-electron chi connectivity index (χ1n) is 5.11. The molecule has 0 spiro atoms. The number of aliphatic hydroxyl groups is 1. The molecule has 0 saturated heterocycles. The summed E-state index contributed by atoms with van der Waals surface area (Å²) in [5.74, 6) is 4.87. The minimum Gasteiger partial charge on any atom is -0.464 e. The first-order chi connectivity index (χ1) is 8.92. The van der Waals surface area contributed by atoms with Crippen molar-refractivity contribution in [2.45, 2.75) is 0 Å². The molecule has 0 radical (unpaired) electrons. The summed E-state index contributed by atoms with van der Waals surface area (Å²) in [7, 11) is 2.75. The van der Waals surface area contributed by atoms with E-state index in [1.807, 2.05) is 0 Å². The predicted molar refractivity (Wildman–Crippen MR) is 71.2 cm³/mol. The van der Waals surface area contributed by atoms with E-state index in [-0.39, 0.29) is 34.0 Å². The molecule has 0 aliphatic rings. The summed E-state index contributed by atoms with van der Waals surface area (Å²) in [4.78, 5) is 19.5. The summed E-state index contributed by atoms with van der Waals surface area (Å²) in [6.45, 7) is -0.371. The number of hydrogen-bond acceptors (Lipinski definition) is 8. The number of rotatable bonds is 4. The van der Waals surface area contributed by atoms with Gasteiger partial charge in [-0.3, -0.25) is 0 Å². The maximum absolute atomic E-state index is 11.5. The zero-order valence-electron chi connectivity index (χ0n) is 10.4. The van der Waals surface area contributed by atoms with Crippen molar-refractivity contribution in [3.63, 3.8) is 0 Å². The van der Waals surface area contributed by atoms with E-state index < -0.39 is 5.97 Å². The van der Waals surface area contributed by atoms with Crippen molar-refractivity contribution in [3.8, 4) is 0 Å². The van der Waals surface area contributed by atoms with E-state index in [4.69, 9.17) is 11.6 Å².